The van der Waals surface area contributed by atoms with E-state index < -0.39 is 15.9 Å². The molecule has 1 saturated carbocycles. The lowest BCUT2D eigenvalue weighted by molar-refractivity contribution is 0.102. The first kappa shape index (κ1) is 27.7. The molecule has 2 aliphatic rings. The highest BCUT2D eigenvalue weighted by molar-refractivity contribution is 7.91. The molecule has 1 saturated heterocycles. The summed E-state index contributed by atoms with van der Waals surface area (Å²) in [5.41, 5.74) is 10.4. The molecule has 5 N–H and O–H groups in total. The van der Waals surface area contributed by atoms with Gasteiger partial charge in [-0.25, -0.2) is 13.2 Å². The smallest absolute Gasteiger partial charge is 0.407 e. The molecule has 2 amide bonds. The fourth-order valence-electron chi connectivity index (χ4n) is 4.92. The molecule has 9 nitrogen and oxygen atoms in total. The van der Waals surface area contributed by atoms with Gasteiger partial charge in [0.2, 0.25) is 0 Å². The van der Waals surface area contributed by atoms with Crippen molar-refractivity contribution in [3.05, 3.63) is 95.1 Å². The fourth-order valence-corrected chi connectivity index (χ4v) is 6.41. The SMILES string of the molecule is Nc1ccccc1NC(=O)c1ccc(CNC(=O)OCc2ccc(C3CC3NC3CCS(=O)(=O)CC3)cc2)cc1. The molecular formula is C30H34N4O5S. The molecule has 10 heteroatoms. The van der Waals surface area contributed by atoms with Gasteiger partial charge < -0.3 is 26.4 Å². The van der Waals surface area contributed by atoms with Crippen LogP contribution in [-0.4, -0.2) is 44.0 Å². The number of ether oxygens (including phenoxy) is 1. The van der Waals surface area contributed by atoms with Crippen molar-refractivity contribution >= 4 is 33.2 Å². The Bertz CT molecular complexity index is 1440. The first-order valence-corrected chi connectivity index (χ1v) is 15.3. The molecule has 5 rings (SSSR count). The second-order valence-corrected chi connectivity index (χ2v) is 12.8. The summed E-state index contributed by atoms with van der Waals surface area (Å²) < 4.78 is 28.6. The van der Waals surface area contributed by atoms with Gasteiger partial charge in [0.25, 0.3) is 5.91 Å². The van der Waals surface area contributed by atoms with Crippen molar-refractivity contribution in [1.29, 1.82) is 0 Å². The molecule has 1 aliphatic carbocycles. The third kappa shape index (κ3) is 7.40. The monoisotopic (exact) mass is 562 g/mol. The molecule has 2 atom stereocenters. The molecule has 1 aliphatic heterocycles. The maximum atomic E-state index is 12.5. The largest absolute Gasteiger partial charge is 0.445 e. The van der Waals surface area contributed by atoms with Gasteiger partial charge in [-0.2, -0.15) is 0 Å². The second-order valence-electron chi connectivity index (χ2n) is 10.5. The summed E-state index contributed by atoms with van der Waals surface area (Å²) in [5.74, 6) is 0.727. The van der Waals surface area contributed by atoms with Crippen LogP contribution in [0, 0.1) is 0 Å². The minimum absolute atomic E-state index is 0.163. The predicted octanol–water partition coefficient (Wildman–Crippen LogP) is 3.97. The maximum Gasteiger partial charge on any atom is 0.407 e. The number of rotatable bonds is 9. The van der Waals surface area contributed by atoms with Crippen LogP contribution in [-0.2, 0) is 27.7 Å². The first-order valence-electron chi connectivity index (χ1n) is 13.5. The Morgan fingerprint density at radius 3 is 2.27 bits per heavy atom. The van der Waals surface area contributed by atoms with Gasteiger partial charge in [-0.1, -0.05) is 48.5 Å². The Balaban J connectivity index is 1.01. The van der Waals surface area contributed by atoms with Crippen molar-refractivity contribution in [2.75, 3.05) is 22.6 Å². The number of nitrogens with two attached hydrogens (primary N) is 1. The van der Waals surface area contributed by atoms with E-state index in [9.17, 15) is 18.0 Å². The summed E-state index contributed by atoms with van der Waals surface area (Å²) >= 11 is 0. The number of alkyl carbamates (subject to hydrolysis) is 1. The number of anilines is 2. The van der Waals surface area contributed by atoms with Crippen LogP contribution >= 0.6 is 0 Å². The minimum atomic E-state index is -2.84. The summed E-state index contributed by atoms with van der Waals surface area (Å²) in [6, 6.07) is 22.7. The topological polar surface area (TPSA) is 140 Å². The van der Waals surface area contributed by atoms with E-state index >= 15 is 0 Å². The molecule has 2 fully saturated rings. The number of carbonyl (C=O) groups excluding carboxylic acids is 2. The maximum absolute atomic E-state index is 12.5. The number of nitrogens with one attached hydrogen (secondary N) is 3. The van der Waals surface area contributed by atoms with E-state index in [1.54, 1.807) is 48.5 Å². The highest BCUT2D eigenvalue weighted by Gasteiger charge is 2.40. The second kappa shape index (κ2) is 12.1. The lowest BCUT2D eigenvalue weighted by atomic mass is 10.1. The molecule has 40 heavy (non-hydrogen) atoms. The molecular weight excluding hydrogens is 528 g/mol. The van der Waals surface area contributed by atoms with Crippen molar-refractivity contribution in [3.8, 4) is 0 Å². The quantitative estimate of drug-likeness (QED) is 0.289. The molecule has 0 spiro atoms. The summed E-state index contributed by atoms with van der Waals surface area (Å²) in [5, 5.41) is 9.13. The molecule has 0 aromatic heterocycles. The van der Waals surface area contributed by atoms with E-state index in [0.717, 1.165) is 17.5 Å². The van der Waals surface area contributed by atoms with Crippen LogP contribution in [0.25, 0.3) is 0 Å². The Morgan fingerprint density at radius 2 is 1.57 bits per heavy atom. The summed E-state index contributed by atoms with van der Waals surface area (Å²) in [6.07, 6.45) is 1.91. The summed E-state index contributed by atoms with van der Waals surface area (Å²) in [4.78, 5) is 24.7. The number of hydrogen-bond acceptors (Lipinski definition) is 7. The molecule has 3 aromatic carbocycles. The Kier molecular flexibility index (Phi) is 8.37. The predicted molar refractivity (Wildman–Crippen MR) is 155 cm³/mol. The van der Waals surface area contributed by atoms with Crippen molar-refractivity contribution in [2.24, 2.45) is 0 Å². The highest BCUT2D eigenvalue weighted by Crippen LogP contribution is 2.41. The van der Waals surface area contributed by atoms with E-state index in [-0.39, 0.29) is 36.6 Å². The zero-order chi connectivity index (χ0) is 28.1. The molecule has 3 aromatic rings. The molecule has 0 radical (unpaired) electrons. The standard InChI is InChI=1S/C30H34N4O5S/c31-26-3-1-2-4-27(26)34-29(35)23-11-5-20(6-12-23)18-32-30(36)39-19-21-7-9-22(10-8-21)25-17-28(25)33-24-13-15-40(37,38)16-14-24/h1-12,24-25,28,33H,13-19,31H2,(H,32,36)(H,34,35). The van der Waals surface area contributed by atoms with Crippen LogP contribution in [0.5, 0.6) is 0 Å². The number of carbonyl (C=O) groups is 2. The zero-order valence-corrected chi connectivity index (χ0v) is 23.0. The average molecular weight is 563 g/mol. The van der Waals surface area contributed by atoms with E-state index in [0.29, 0.717) is 41.7 Å². The Morgan fingerprint density at radius 1 is 0.900 bits per heavy atom. The van der Waals surface area contributed by atoms with E-state index in [1.165, 1.54) is 5.56 Å². The highest BCUT2D eigenvalue weighted by atomic mass is 32.2. The van der Waals surface area contributed by atoms with Gasteiger partial charge in [-0.15, -0.1) is 0 Å². The number of para-hydroxylation sites is 2. The molecule has 210 valence electrons. The number of amides is 2. The van der Waals surface area contributed by atoms with Crippen LogP contribution in [0.1, 0.15) is 52.2 Å². The van der Waals surface area contributed by atoms with Crippen molar-refractivity contribution in [1.82, 2.24) is 10.6 Å². The van der Waals surface area contributed by atoms with Crippen molar-refractivity contribution in [3.63, 3.8) is 0 Å². The third-order valence-corrected chi connectivity index (χ3v) is 9.15. The van der Waals surface area contributed by atoms with Crippen LogP contribution in [0.4, 0.5) is 16.2 Å². The lowest BCUT2D eigenvalue weighted by Gasteiger charge is -2.23. The van der Waals surface area contributed by atoms with Gasteiger partial charge in [-0.05, 0) is 60.2 Å². The average Bonchev–Trinajstić information content (AvgIpc) is 3.72. The minimum Gasteiger partial charge on any atom is -0.445 e. The summed E-state index contributed by atoms with van der Waals surface area (Å²) in [7, 11) is -2.84. The fraction of sp³-hybridized carbons (Fsp3) is 0.333. The molecule has 2 unspecified atom stereocenters. The van der Waals surface area contributed by atoms with Crippen LogP contribution in [0.3, 0.4) is 0 Å². The number of sulfone groups is 1. The van der Waals surface area contributed by atoms with Gasteiger partial charge in [0.1, 0.15) is 16.4 Å². The van der Waals surface area contributed by atoms with E-state index in [1.807, 2.05) is 12.1 Å². The normalized spacial score (nSPS) is 19.9. The van der Waals surface area contributed by atoms with E-state index in [2.05, 4.69) is 28.1 Å². The number of benzene rings is 3. The van der Waals surface area contributed by atoms with Gasteiger partial charge in [0.15, 0.2) is 0 Å². The number of nitrogen functional groups attached to an aromatic ring is 1. The zero-order valence-electron chi connectivity index (χ0n) is 22.1. The van der Waals surface area contributed by atoms with Gasteiger partial charge in [-0.3, -0.25) is 4.79 Å². The Hall–Kier alpha value is -3.89. The lowest BCUT2D eigenvalue weighted by Crippen LogP contribution is -2.39. The Labute approximate surface area is 234 Å². The molecule has 0 bridgehead atoms. The third-order valence-electron chi connectivity index (χ3n) is 7.43. The summed E-state index contributed by atoms with van der Waals surface area (Å²) in [6.45, 7) is 0.436. The number of hydrogen-bond donors (Lipinski definition) is 4. The van der Waals surface area contributed by atoms with E-state index in [4.69, 9.17) is 10.5 Å². The van der Waals surface area contributed by atoms with Gasteiger partial charge >= 0.3 is 6.09 Å². The first-order chi connectivity index (χ1) is 19.3. The van der Waals surface area contributed by atoms with Crippen molar-refractivity contribution < 1.29 is 22.7 Å². The van der Waals surface area contributed by atoms with Crippen molar-refractivity contribution in [2.45, 2.75) is 50.4 Å². The van der Waals surface area contributed by atoms with Crippen LogP contribution in [0.2, 0.25) is 0 Å². The molecule has 1 heterocycles. The van der Waals surface area contributed by atoms with Crippen LogP contribution in [0.15, 0.2) is 72.8 Å². The van der Waals surface area contributed by atoms with Gasteiger partial charge in [0.05, 0.1) is 22.9 Å². The van der Waals surface area contributed by atoms with Crippen LogP contribution < -0.4 is 21.7 Å². The van der Waals surface area contributed by atoms with Gasteiger partial charge in [0, 0.05) is 30.1 Å².